The van der Waals surface area contributed by atoms with Gasteiger partial charge in [-0.25, -0.2) is 0 Å². The molecule has 1 aliphatic heterocycles. The van der Waals surface area contributed by atoms with E-state index in [0.29, 0.717) is 23.9 Å². The van der Waals surface area contributed by atoms with E-state index in [2.05, 4.69) is 29.8 Å². The number of hydrogen-bond donors (Lipinski definition) is 1. The van der Waals surface area contributed by atoms with Gasteiger partial charge in [-0.05, 0) is 26.1 Å². The maximum atomic E-state index is 10.1. The van der Waals surface area contributed by atoms with Crippen LogP contribution in [0.25, 0.3) is 0 Å². The zero-order valence-corrected chi connectivity index (χ0v) is 12.7. The first-order valence-corrected chi connectivity index (χ1v) is 7.32. The van der Waals surface area contributed by atoms with Crippen molar-refractivity contribution in [3.8, 4) is 11.8 Å². The molecule has 21 heavy (non-hydrogen) atoms. The molecule has 5 nitrogen and oxygen atoms in total. The second-order valence-electron chi connectivity index (χ2n) is 5.66. The summed E-state index contributed by atoms with van der Waals surface area (Å²) in [4.78, 5) is 4.58. The van der Waals surface area contributed by atoms with Gasteiger partial charge in [0.15, 0.2) is 0 Å². The van der Waals surface area contributed by atoms with E-state index in [4.69, 9.17) is 10.00 Å². The highest BCUT2D eigenvalue weighted by Crippen LogP contribution is 2.17. The second-order valence-corrected chi connectivity index (χ2v) is 5.66. The molecular formula is C16H23N3O2. The van der Waals surface area contributed by atoms with Crippen molar-refractivity contribution in [3.05, 3.63) is 29.8 Å². The van der Waals surface area contributed by atoms with E-state index in [1.165, 1.54) is 0 Å². The molecule has 2 atom stereocenters. The molecule has 1 aliphatic rings. The van der Waals surface area contributed by atoms with Crippen LogP contribution < -0.4 is 4.74 Å². The van der Waals surface area contributed by atoms with Gasteiger partial charge in [-0.3, -0.25) is 4.90 Å². The fraction of sp³-hybridized carbons (Fsp3) is 0.562. The number of benzene rings is 1. The zero-order valence-electron chi connectivity index (χ0n) is 12.7. The number of hydrogen-bond acceptors (Lipinski definition) is 5. The Labute approximate surface area is 126 Å². The number of β-amino-alcohol motifs (C(OH)–C–C–N with tert-alkyl or cyclic N) is 1. The quantitative estimate of drug-likeness (QED) is 0.874. The van der Waals surface area contributed by atoms with E-state index in [9.17, 15) is 5.11 Å². The highest BCUT2D eigenvalue weighted by Gasteiger charge is 2.22. The van der Waals surface area contributed by atoms with Crippen LogP contribution in [0.3, 0.4) is 0 Å². The van der Waals surface area contributed by atoms with E-state index < -0.39 is 6.10 Å². The summed E-state index contributed by atoms with van der Waals surface area (Å²) in [7, 11) is 2.13. The van der Waals surface area contributed by atoms with Gasteiger partial charge < -0.3 is 14.7 Å². The van der Waals surface area contributed by atoms with Crippen molar-refractivity contribution < 1.29 is 9.84 Å². The number of likely N-dealkylation sites (N-methyl/N-ethyl adjacent to an activating group) is 1. The number of nitriles is 1. The van der Waals surface area contributed by atoms with E-state index in [0.717, 1.165) is 19.6 Å². The SMILES string of the molecule is CC1CN(CC(O)COc2ccccc2C#N)CCN1C. The van der Waals surface area contributed by atoms with Gasteiger partial charge in [0.25, 0.3) is 0 Å². The second kappa shape index (κ2) is 7.41. The van der Waals surface area contributed by atoms with Crippen molar-refractivity contribution in [3.63, 3.8) is 0 Å². The third-order valence-corrected chi connectivity index (χ3v) is 3.95. The number of aliphatic hydroxyl groups is 1. The Kier molecular flexibility index (Phi) is 5.57. The third-order valence-electron chi connectivity index (χ3n) is 3.95. The van der Waals surface area contributed by atoms with Gasteiger partial charge in [0.1, 0.15) is 24.5 Å². The van der Waals surface area contributed by atoms with Crippen LogP contribution in [-0.2, 0) is 0 Å². The van der Waals surface area contributed by atoms with Crippen molar-refractivity contribution in [2.24, 2.45) is 0 Å². The lowest BCUT2D eigenvalue weighted by Gasteiger charge is -2.38. The molecule has 0 spiro atoms. The van der Waals surface area contributed by atoms with E-state index >= 15 is 0 Å². The van der Waals surface area contributed by atoms with Crippen LogP contribution in [0.2, 0.25) is 0 Å². The number of ether oxygens (including phenoxy) is 1. The summed E-state index contributed by atoms with van der Waals surface area (Å²) in [5.41, 5.74) is 0.498. The first-order valence-electron chi connectivity index (χ1n) is 7.32. The van der Waals surface area contributed by atoms with E-state index in [1.54, 1.807) is 18.2 Å². The molecule has 1 aromatic carbocycles. The number of nitrogens with zero attached hydrogens (tertiary/aromatic N) is 3. The predicted molar refractivity (Wildman–Crippen MR) is 81.2 cm³/mol. The van der Waals surface area contributed by atoms with Crippen LogP contribution in [0.4, 0.5) is 0 Å². The maximum Gasteiger partial charge on any atom is 0.137 e. The minimum absolute atomic E-state index is 0.208. The molecule has 0 amide bonds. The first kappa shape index (κ1) is 15.8. The van der Waals surface area contributed by atoms with E-state index in [-0.39, 0.29) is 6.61 Å². The molecule has 1 heterocycles. The van der Waals surface area contributed by atoms with Gasteiger partial charge in [-0.15, -0.1) is 0 Å². The number of rotatable bonds is 5. The zero-order chi connectivity index (χ0) is 15.2. The summed E-state index contributed by atoms with van der Waals surface area (Å²) in [6.45, 7) is 5.95. The molecule has 1 aromatic rings. The molecule has 0 aromatic heterocycles. The smallest absolute Gasteiger partial charge is 0.137 e. The summed E-state index contributed by atoms with van der Waals surface area (Å²) in [5, 5.41) is 19.1. The first-order chi connectivity index (χ1) is 10.1. The lowest BCUT2D eigenvalue weighted by Crippen LogP contribution is -2.52. The fourth-order valence-corrected chi connectivity index (χ4v) is 2.51. The lowest BCUT2D eigenvalue weighted by molar-refractivity contribution is 0.0356. The molecule has 1 fully saturated rings. The third kappa shape index (κ3) is 4.43. The van der Waals surface area contributed by atoms with Gasteiger partial charge >= 0.3 is 0 Å². The van der Waals surface area contributed by atoms with Gasteiger partial charge in [0.2, 0.25) is 0 Å². The number of para-hydroxylation sites is 1. The normalized spacial score (nSPS) is 21.7. The van der Waals surface area contributed by atoms with Gasteiger partial charge in [-0.1, -0.05) is 12.1 Å². The number of piperazine rings is 1. The molecule has 2 unspecified atom stereocenters. The standard InChI is InChI=1S/C16H23N3O2/c1-13-10-19(8-7-18(13)2)11-15(20)12-21-16-6-4-3-5-14(16)9-17/h3-6,13,15,20H,7-8,10-12H2,1-2H3. The van der Waals surface area contributed by atoms with Crippen molar-refractivity contribution in [2.45, 2.75) is 19.1 Å². The van der Waals surface area contributed by atoms with Crippen molar-refractivity contribution in [1.82, 2.24) is 9.80 Å². The average Bonchev–Trinajstić information content (AvgIpc) is 2.49. The van der Waals surface area contributed by atoms with Crippen molar-refractivity contribution in [1.29, 1.82) is 5.26 Å². The molecular weight excluding hydrogens is 266 g/mol. The van der Waals surface area contributed by atoms with Crippen LogP contribution in [0, 0.1) is 11.3 Å². The molecule has 0 saturated carbocycles. The van der Waals surface area contributed by atoms with Crippen molar-refractivity contribution >= 4 is 0 Å². The summed E-state index contributed by atoms with van der Waals surface area (Å²) in [5.74, 6) is 0.533. The Morgan fingerprint density at radius 2 is 2.19 bits per heavy atom. The summed E-state index contributed by atoms with van der Waals surface area (Å²) in [6, 6.07) is 9.68. The molecule has 1 N–H and O–H groups in total. The monoisotopic (exact) mass is 289 g/mol. The Balaban J connectivity index is 1.80. The van der Waals surface area contributed by atoms with E-state index in [1.807, 2.05) is 6.07 Å². The lowest BCUT2D eigenvalue weighted by atomic mass is 10.2. The molecule has 1 saturated heterocycles. The van der Waals surface area contributed by atoms with Crippen LogP contribution in [0.5, 0.6) is 5.75 Å². The highest BCUT2D eigenvalue weighted by atomic mass is 16.5. The number of aliphatic hydroxyl groups excluding tert-OH is 1. The molecule has 0 bridgehead atoms. The summed E-state index contributed by atoms with van der Waals surface area (Å²) >= 11 is 0. The summed E-state index contributed by atoms with van der Waals surface area (Å²) < 4.78 is 5.57. The fourth-order valence-electron chi connectivity index (χ4n) is 2.51. The molecule has 114 valence electrons. The summed E-state index contributed by atoms with van der Waals surface area (Å²) in [6.07, 6.45) is -0.549. The van der Waals surface area contributed by atoms with Gasteiger partial charge in [0, 0.05) is 32.2 Å². The predicted octanol–water partition coefficient (Wildman–Crippen LogP) is 0.934. The molecule has 5 heteroatoms. The van der Waals surface area contributed by atoms with Gasteiger partial charge in [-0.2, -0.15) is 5.26 Å². The minimum Gasteiger partial charge on any atom is -0.489 e. The highest BCUT2D eigenvalue weighted by molar-refractivity contribution is 5.42. The molecule has 0 radical (unpaired) electrons. The van der Waals surface area contributed by atoms with Crippen LogP contribution in [-0.4, -0.2) is 66.9 Å². The topological polar surface area (TPSA) is 59.7 Å². The van der Waals surface area contributed by atoms with Crippen LogP contribution >= 0.6 is 0 Å². The molecule has 0 aliphatic carbocycles. The average molecular weight is 289 g/mol. The Morgan fingerprint density at radius 3 is 2.90 bits per heavy atom. The van der Waals surface area contributed by atoms with Crippen LogP contribution in [0.15, 0.2) is 24.3 Å². The van der Waals surface area contributed by atoms with Crippen molar-refractivity contribution in [2.75, 3.05) is 39.8 Å². The largest absolute Gasteiger partial charge is 0.489 e. The Hall–Kier alpha value is -1.61. The Morgan fingerprint density at radius 1 is 1.43 bits per heavy atom. The van der Waals surface area contributed by atoms with Gasteiger partial charge in [0.05, 0.1) is 5.56 Å². The Bertz CT molecular complexity index is 501. The van der Waals surface area contributed by atoms with Crippen LogP contribution in [0.1, 0.15) is 12.5 Å². The molecule has 2 rings (SSSR count). The minimum atomic E-state index is -0.549. The maximum absolute atomic E-state index is 10.1.